The molecule has 0 heterocycles. The summed E-state index contributed by atoms with van der Waals surface area (Å²) in [6.45, 7) is 7.21. The fraction of sp³-hybridized carbons (Fsp3) is 1.00. The summed E-state index contributed by atoms with van der Waals surface area (Å²) in [6, 6.07) is 0. The molecule has 0 aromatic rings. The van der Waals surface area contributed by atoms with Gasteiger partial charge in [0.15, 0.2) is 0 Å². The molecule has 0 amide bonds. The van der Waals surface area contributed by atoms with Crippen molar-refractivity contribution in [2.24, 2.45) is 16.7 Å². The fourth-order valence-corrected chi connectivity index (χ4v) is 3.36. The van der Waals surface area contributed by atoms with Crippen LogP contribution in [0.1, 0.15) is 46.5 Å². The van der Waals surface area contributed by atoms with Gasteiger partial charge in [-0.05, 0) is 36.0 Å². The maximum absolute atomic E-state index is 2.49. The highest BCUT2D eigenvalue weighted by atomic mass is 14.8. The van der Waals surface area contributed by atoms with E-state index in [9.17, 15) is 0 Å². The molecule has 2 saturated carbocycles. The van der Waals surface area contributed by atoms with E-state index in [1.165, 1.54) is 19.3 Å². The van der Waals surface area contributed by atoms with Crippen molar-refractivity contribution < 1.29 is 0 Å². The van der Waals surface area contributed by atoms with Crippen LogP contribution in [0.15, 0.2) is 0 Å². The molecular formula is C10H18. The first-order chi connectivity index (χ1) is 4.68. The lowest BCUT2D eigenvalue weighted by molar-refractivity contribution is 0.0262. The minimum Gasteiger partial charge on any atom is -0.0648 e. The summed E-state index contributed by atoms with van der Waals surface area (Å²) < 4.78 is 0. The number of fused-ring (bicyclic) bond motifs is 1. The van der Waals surface area contributed by atoms with E-state index in [4.69, 9.17) is 0 Å². The maximum atomic E-state index is 2.49. The van der Waals surface area contributed by atoms with Gasteiger partial charge in [-0.25, -0.2) is 0 Å². The topological polar surface area (TPSA) is 0 Å². The van der Waals surface area contributed by atoms with Crippen molar-refractivity contribution in [1.29, 1.82) is 0 Å². The normalized spacial score (nSPS) is 57.3. The minimum atomic E-state index is 0.742. The highest BCUT2D eigenvalue weighted by molar-refractivity contribution is 5.20. The zero-order valence-electron chi connectivity index (χ0n) is 7.41. The average molecular weight is 138 g/mol. The molecule has 0 heteroatoms. The molecule has 0 aromatic heterocycles. The summed E-state index contributed by atoms with van der Waals surface area (Å²) in [5.74, 6) is 1.14. The van der Waals surface area contributed by atoms with Crippen LogP contribution in [-0.4, -0.2) is 0 Å². The molecule has 2 aliphatic carbocycles. The van der Waals surface area contributed by atoms with Crippen molar-refractivity contribution in [3.8, 4) is 0 Å². The molecule has 58 valence electrons. The second kappa shape index (κ2) is 1.60. The summed E-state index contributed by atoms with van der Waals surface area (Å²) in [5.41, 5.74) is 1.58. The Kier molecular flexibility index (Phi) is 1.07. The van der Waals surface area contributed by atoms with E-state index >= 15 is 0 Å². The highest BCUT2D eigenvalue weighted by Gasteiger charge is 2.71. The molecule has 2 aliphatic rings. The smallest absolute Gasteiger partial charge is 0.0215 e. The third kappa shape index (κ3) is 0.466. The van der Waals surface area contributed by atoms with E-state index in [-0.39, 0.29) is 0 Å². The van der Waals surface area contributed by atoms with E-state index in [1.807, 2.05) is 0 Å². The van der Waals surface area contributed by atoms with Crippen molar-refractivity contribution in [3.05, 3.63) is 0 Å². The largest absolute Gasteiger partial charge is 0.0648 e. The van der Waals surface area contributed by atoms with Crippen LogP contribution in [0.3, 0.4) is 0 Å². The maximum Gasteiger partial charge on any atom is -0.0215 e. The first-order valence-corrected chi connectivity index (χ1v) is 4.68. The molecule has 0 N–H and O–H groups in total. The van der Waals surface area contributed by atoms with E-state index in [0.717, 1.165) is 16.7 Å². The Balaban J connectivity index is 2.14. The lowest BCUT2D eigenvalue weighted by Gasteiger charge is -2.46. The van der Waals surface area contributed by atoms with Gasteiger partial charge in [-0.1, -0.05) is 27.2 Å². The van der Waals surface area contributed by atoms with Crippen molar-refractivity contribution >= 4 is 0 Å². The van der Waals surface area contributed by atoms with Crippen LogP contribution in [0, 0.1) is 16.7 Å². The summed E-state index contributed by atoms with van der Waals surface area (Å²) in [4.78, 5) is 0. The second-order valence-electron chi connectivity index (χ2n) is 4.53. The first kappa shape index (κ1) is 6.69. The minimum absolute atomic E-state index is 0.742. The number of rotatable bonds is 2. The lowest BCUT2D eigenvalue weighted by atomic mass is 9.58. The van der Waals surface area contributed by atoms with Crippen molar-refractivity contribution in [2.75, 3.05) is 0 Å². The molecule has 0 saturated heterocycles. The van der Waals surface area contributed by atoms with Crippen LogP contribution in [0.25, 0.3) is 0 Å². The predicted octanol–water partition coefficient (Wildman–Crippen LogP) is 3.22. The van der Waals surface area contributed by atoms with Gasteiger partial charge in [-0.3, -0.25) is 0 Å². The molecule has 0 aromatic carbocycles. The highest BCUT2D eigenvalue weighted by Crippen LogP contribution is 2.79. The Morgan fingerprint density at radius 3 is 2.10 bits per heavy atom. The zero-order chi connectivity index (χ0) is 7.41. The monoisotopic (exact) mass is 138 g/mol. The summed E-state index contributed by atoms with van der Waals surface area (Å²) in [5, 5.41) is 0. The molecule has 0 bridgehead atoms. The van der Waals surface area contributed by atoms with Gasteiger partial charge in [0.05, 0.1) is 0 Å². The van der Waals surface area contributed by atoms with Gasteiger partial charge < -0.3 is 0 Å². The van der Waals surface area contributed by atoms with Crippen LogP contribution in [-0.2, 0) is 0 Å². The van der Waals surface area contributed by atoms with Crippen LogP contribution in [0.4, 0.5) is 0 Å². The molecule has 0 aliphatic heterocycles. The standard InChI is InChI=1S/C10H18/c1-4-9(3)6-8-7-10(8,9)5-2/h8H,4-7H2,1-3H3. The van der Waals surface area contributed by atoms with Crippen molar-refractivity contribution in [2.45, 2.75) is 46.5 Å². The Morgan fingerprint density at radius 2 is 1.90 bits per heavy atom. The zero-order valence-corrected chi connectivity index (χ0v) is 7.41. The predicted molar refractivity (Wildman–Crippen MR) is 43.8 cm³/mol. The molecule has 0 radical (unpaired) electrons. The summed E-state index contributed by atoms with van der Waals surface area (Å²) >= 11 is 0. The molecule has 0 spiro atoms. The number of hydrogen-bond donors (Lipinski definition) is 0. The second-order valence-corrected chi connectivity index (χ2v) is 4.53. The van der Waals surface area contributed by atoms with Gasteiger partial charge in [0.25, 0.3) is 0 Å². The first-order valence-electron chi connectivity index (χ1n) is 4.68. The Labute approximate surface area is 64.0 Å². The van der Waals surface area contributed by atoms with Gasteiger partial charge in [0, 0.05) is 0 Å². The van der Waals surface area contributed by atoms with Crippen LogP contribution in [0.2, 0.25) is 0 Å². The molecule has 2 fully saturated rings. The van der Waals surface area contributed by atoms with Gasteiger partial charge in [-0.2, -0.15) is 0 Å². The quantitative estimate of drug-likeness (QED) is 0.549. The van der Waals surface area contributed by atoms with E-state index in [0.29, 0.717) is 0 Å². The van der Waals surface area contributed by atoms with E-state index < -0.39 is 0 Å². The third-order valence-electron chi connectivity index (χ3n) is 4.54. The average Bonchev–Trinajstić information content (AvgIpc) is 2.56. The SMILES string of the molecule is CCC1(C)CC2CC21CC. The molecular weight excluding hydrogens is 120 g/mol. The van der Waals surface area contributed by atoms with Crippen molar-refractivity contribution in [1.82, 2.24) is 0 Å². The van der Waals surface area contributed by atoms with E-state index in [2.05, 4.69) is 20.8 Å². The van der Waals surface area contributed by atoms with Gasteiger partial charge in [0.1, 0.15) is 0 Å². The molecule has 0 nitrogen and oxygen atoms in total. The van der Waals surface area contributed by atoms with Gasteiger partial charge >= 0.3 is 0 Å². The molecule has 10 heavy (non-hydrogen) atoms. The van der Waals surface area contributed by atoms with Crippen LogP contribution < -0.4 is 0 Å². The molecule has 2 rings (SSSR count). The van der Waals surface area contributed by atoms with E-state index in [1.54, 1.807) is 6.42 Å². The Morgan fingerprint density at radius 1 is 1.20 bits per heavy atom. The molecule has 3 unspecified atom stereocenters. The van der Waals surface area contributed by atoms with Crippen molar-refractivity contribution in [3.63, 3.8) is 0 Å². The summed E-state index contributed by atoms with van der Waals surface area (Å²) in [6.07, 6.45) is 5.91. The third-order valence-corrected chi connectivity index (χ3v) is 4.54. The Hall–Kier alpha value is 0. The van der Waals surface area contributed by atoms with Crippen LogP contribution >= 0.6 is 0 Å². The van der Waals surface area contributed by atoms with Gasteiger partial charge in [-0.15, -0.1) is 0 Å². The Bertz CT molecular complexity index is 153. The van der Waals surface area contributed by atoms with Crippen LogP contribution in [0.5, 0.6) is 0 Å². The summed E-state index contributed by atoms with van der Waals surface area (Å²) in [7, 11) is 0. The fourth-order valence-electron chi connectivity index (χ4n) is 3.36. The van der Waals surface area contributed by atoms with Gasteiger partial charge in [0.2, 0.25) is 0 Å². The lowest BCUT2D eigenvalue weighted by Crippen LogP contribution is -2.38. The number of hydrogen-bond acceptors (Lipinski definition) is 0. The molecule has 3 atom stereocenters.